The van der Waals surface area contributed by atoms with E-state index in [1.54, 1.807) is 11.9 Å². The van der Waals surface area contributed by atoms with Crippen LogP contribution in [0, 0.1) is 0 Å². The lowest BCUT2D eigenvalue weighted by Gasteiger charge is -2.27. The first-order valence-corrected chi connectivity index (χ1v) is 10.9. The molecular weight excluding hydrogens is 391 g/mol. The predicted molar refractivity (Wildman–Crippen MR) is 110 cm³/mol. The summed E-state index contributed by atoms with van der Waals surface area (Å²) in [5, 5.41) is 0. The van der Waals surface area contributed by atoms with Gasteiger partial charge in [-0.25, -0.2) is 4.98 Å². The molecule has 1 aromatic heterocycles. The van der Waals surface area contributed by atoms with Gasteiger partial charge in [-0.05, 0) is 56.1 Å². The molecule has 30 heavy (non-hydrogen) atoms. The Morgan fingerprint density at radius 2 is 1.63 bits per heavy atom. The highest BCUT2D eigenvalue weighted by atomic mass is 19.4. The van der Waals surface area contributed by atoms with E-state index in [0.717, 1.165) is 68.8 Å². The second kappa shape index (κ2) is 8.82. The molecule has 0 saturated heterocycles. The van der Waals surface area contributed by atoms with Crippen LogP contribution in [0.1, 0.15) is 74.8 Å². The van der Waals surface area contributed by atoms with Crippen molar-refractivity contribution in [3.05, 3.63) is 41.6 Å². The van der Waals surface area contributed by atoms with Crippen molar-refractivity contribution in [2.24, 2.45) is 0 Å². The molecule has 7 heteroatoms. The average Bonchev–Trinajstić information content (AvgIpc) is 3.28. The minimum Gasteiger partial charge on any atom is -0.460 e. The molecule has 0 amide bonds. The standard InChI is InChI=1S/C23H28F3N3O/c1-29(20-14-8-7-13-18(20)16-9-5-6-10-16)21-19(23(24,25)26)15-27-22(28-21)30-17-11-3-2-4-12-17/h7-8,13-17H,2-6,9-12H2,1H3. The van der Waals surface area contributed by atoms with Crippen molar-refractivity contribution in [3.63, 3.8) is 0 Å². The van der Waals surface area contributed by atoms with Gasteiger partial charge in [0.15, 0.2) is 5.82 Å². The van der Waals surface area contributed by atoms with Gasteiger partial charge in [-0.3, -0.25) is 0 Å². The topological polar surface area (TPSA) is 38.2 Å². The quantitative estimate of drug-likeness (QED) is 0.545. The summed E-state index contributed by atoms with van der Waals surface area (Å²) in [5.74, 6) is 0.214. The van der Waals surface area contributed by atoms with Crippen LogP contribution in [0.2, 0.25) is 0 Å². The molecule has 0 radical (unpaired) electrons. The van der Waals surface area contributed by atoms with Crippen molar-refractivity contribution in [2.75, 3.05) is 11.9 Å². The van der Waals surface area contributed by atoms with Crippen LogP contribution < -0.4 is 9.64 Å². The maximum atomic E-state index is 13.8. The summed E-state index contributed by atoms with van der Waals surface area (Å²) in [5.41, 5.74) is 0.999. The van der Waals surface area contributed by atoms with Crippen LogP contribution in [-0.4, -0.2) is 23.1 Å². The fraction of sp³-hybridized carbons (Fsp3) is 0.565. The molecule has 4 nitrogen and oxygen atoms in total. The van der Waals surface area contributed by atoms with E-state index < -0.39 is 11.7 Å². The predicted octanol–water partition coefficient (Wildman–Crippen LogP) is 6.63. The summed E-state index contributed by atoms with van der Waals surface area (Å²) < 4.78 is 47.2. The van der Waals surface area contributed by atoms with E-state index in [0.29, 0.717) is 5.92 Å². The van der Waals surface area contributed by atoms with E-state index in [1.807, 2.05) is 24.3 Å². The fourth-order valence-corrected chi connectivity index (χ4v) is 4.69. The van der Waals surface area contributed by atoms with Gasteiger partial charge in [0.05, 0.1) is 0 Å². The number of para-hydroxylation sites is 1. The van der Waals surface area contributed by atoms with Crippen LogP contribution in [0.5, 0.6) is 6.01 Å². The fourth-order valence-electron chi connectivity index (χ4n) is 4.69. The summed E-state index contributed by atoms with van der Waals surface area (Å²) in [7, 11) is 1.65. The number of hydrogen-bond acceptors (Lipinski definition) is 4. The number of aromatic nitrogens is 2. The molecule has 0 atom stereocenters. The molecule has 1 heterocycles. The van der Waals surface area contributed by atoms with E-state index in [9.17, 15) is 13.2 Å². The van der Waals surface area contributed by atoms with Crippen molar-refractivity contribution in [2.45, 2.75) is 76.0 Å². The lowest BCUT2D eigenvalue weighted by Crippen LogP contribution is -2.23. The molecule has 4 rings (SSSR count). The zero-order valence-corrected chi connectivity index (χ0v) is 17.3. The largest absolute Gasteiger partial charge is 0.460 e. The average molecular weight is 419 g/mol. The SMILES string of the molecule is CN(c1ccccc1C1CCCC1)c1nc(OC2CCCCC2)ncc1C(F)(F)F. The zero-order valence-electron chi connectivity index (χ0n) is 17.3. The van der Waals surface area contributed by atoms with Crippen molar-refractivity contribution in [1.29, 1.82) is 0 Å². The van der Waals surface area contributed by atoms with Gasteiger partial charge < -0.3 is 9.64 Å². The van der Waals surface area contributed by atoms with Crippen LogP contribution in [0.25, 0.3) is 0 Å². The van der Waals surface area contributed by atoms with Gasteiger partial charge in [-0.15, -0.1) is 0 Å². The Morgan fingerprint density at radius 1 is 0.967 bits per heavy atom. The molecule has 0 bridgehead atoms. The minimum atomic E-state index is -4.55. The highest BCUT2D eigenvalue weighted by Crippen LogP contribution is 2.43. The lowest BCUT2D eigenvalue weighted by molar-refractivity contribution is -0.137. The van der Waals surface area contributed by atoms with Crippen LogP contribution in [0.3, 0.4) is 0 Å². The Labute approximate surface area is 175 Å². The number of rotatable bonds is 5. The Balaban J connectivity index is 1.69. The first kappa shape index (κ1) is 20.9. The Bertz CT molecular complexity index is 859. The normalized spacial score (nSPS) is 18.5. The van der Waals surface area contributed by atoms with Crippen LogP contribution in [0.4, 0.5) is 24.7 Å². The molecule has 0 spiro atoms. The van der Waals surface area contributed by atoms with Crippen molar-refractivity contribution < 1.29 is 17.9 Å². The number of ether oxygens (including phenoxy) is 1. The van der Waals surface area contributed by atoms with Gasteiger partial charge in [0.25, 0.3) is 0 Å². The minimum absolute atomic E-state index is 0.0232. The number of nitrogens with zero attached hydrogens (tertiary/aromatic N) is 3. The van der Waals surface area contributed by atoms with Gasteiger partial charge in [0, 0.05) is 18.9 Å². The highest BCUT2D eigenvalue weighted by Gasteiger charge is 2.37. The summed E-state index contributed by atoms with van der Waals surface area (Å²) in [6, 6.07) is 7.73. The lowest BCUT2D eigenvalue weighted by atomic mass is 9.95. The number of benzene rings is 1. The second-order valence-electron chi connectivity index (χ2n) is 8.36. The zero-order chi connectivity index (χ0) is 21.1. The molecule has 2 saturated carbocycles. The smallest absolute Gasteiger partial charge is 0.421 e. The van der Waals surface area contributed by atoms with Gasteiger partial charge in [0.2, 0.25) is 0 Å². The number of halogens is 3. The molecule has 162 valence electrons. The first-order chi connectivity index (χ1) is 14.4. The van der Waals surface area contributed by atoms with Crippen LogP contribution in [0.15, 0.2) is 30.5 Å². The van der Waals surface area contributed by atoms with Crippen LogP contribution in [-0.2, 0) is 6.18 Å². The number of anilines is 2. The second-order valence-corrected chi connectivity index (χ2v) is 8.36. The monoisotopic (exact) mass is 419 g/mol. The molecule has 1 aromatic carbocycles. The molecule has 0 unspecified atom stereocenters. The van der Waals surface area contributed by atoms with E-state index in [4.69, 9.17) is 4.74 Å². The molecule has 0 N–H and O–H groups in total. The molecule has 2 aromatic rings. The molecule has 2 fully saturated rings. The molecule has 0 aliphatic heterocycles. The Kier molecular flexibility index (Phi) is 6.16. The maximum Gasteiger partial charge on any atom is 0.421 e. The Hall–Kier alpha value is -2.31. The number of hydrogen-bond donors (Lipinski definition) is 0. The summed E-state index contributed by atoms with van der Waals surface area (Å²) in [6.45, 7) is 0. The van der Waals surface area contributed by atoms with Gasteiger partial charge in [-0.2, -0.15) is 18.2 Å². The van der Waals surface area contributed by atoms with Crippen LogP contribution >= 0.6 is 0 Å². The third kappa shape index (κ3) is 4.55. The molecular formula is C23H28F3N3O. The third-order valence-electron chi connectivity index (χ3n) is 6.29. The highest BCUT2D eigenvalue weighted by molar-refractivity contribution is 5.66. The van der Waals surface area contributed by atoms with E-state index in [2.05, 4.69) is 9.97 Å². The summed E-state index contributed by atoms with van der Waals surface area (Å²) >= 11 is 0. The van der Waals surface area contributed by atoms with Crippen molar-refractivity contribution in [1.82, 2.24) is 9.97 Å². The van der Waals surface area contributed by atoms with Crippen molar-refractivity contribution in [3.8, 4) is 6.01 Å². The number of alkyl halides is 3. The van der Waals surface area contributed by atoms with Gasteiger partial charge >= 0.3 is 12.2 Å². The first-order valence-electron chi connectivity index (χ1n) is 10.9. The van der Waals surface area contributed by atoms with E-state index >= 15 is 0 Å². The summed E-state index contributed by atoms with van der Waals surface area (Å²) in [4.78, 5) is 9.69. The van der Waals surface area contributed by atoms with E-state index in [1.165, 1.54) is 6.42 Å². The molecule has 2 aliphatic rings. The maximum absolute atomic E-state index is 13.8. The van der Waals surface area contributed by atoms with Crippen molar-refractivity contribution >= 4 is 11.5 Å². The third-order valence-corrected chi connectivity index (χ3v) is 6.29. The molecule has 2 aliphatic carbocycles. The van der Waals surface area contributed by atoms with Gasteiger partial charge in [0.1, 0.15) is 11.7 Å². The van der Waals surface area contributed by atoms with E-state index in [-0.39, 0.29) is 17.9 Å². The van der Waals surface area contributed by atoms with Gasteiger partial charge in [-0.1, -0.05) is 37.5 Å². The summed E-state index contributed by atoms with van der Waals surface area (Å²) in [6.07, 6.45) is 5.80. The Morgan fingerprint density at radius 3 is 2.33 bits per heavy atom.